The van der Waals surface area contributed by atoms with Gasteiger partial charge in [-0.2, -0.15) is 0 Å². The summed E-state index contributed by atoms with van der Waals surface area (Å²) < 4.78 is 5.47. The Balaban J connectivity index is 1.94. The molecular formula is C14H21N3O. The number of hydrogen-bond donors (Lipinski definition) is 1. The second-order valence-corrected chi connectivity index (χ2v) is 5.26. The summed E-state index contributed by atoms with van der Waals surface area (Å²) in [6.07, 6.45) is 4.58. The molecule has 1 unspecified atom stereocenters. The Bertz CT molecular complexity index is 441. The second-order valence-electron chi connectivity index (χ2n) is 5.26. The van der Waals surface area contributed by atoms with Crippen molar-refractivity contribution in [2.75, 3.05) is 25.2 Å². The van der Waals surface area contributed by atoms with Crippen molar-refractivity contribution in [3.63, 3.8) is 0 Å². The lowest BCUT2D eigenvalue weighted by Gasteiger charge is -2.27. The predicted octanol–water partition coefficient (Wildman–Crippen LogP) is 1.25. The number of anilines is 1. The zero-order chi connectivity index (χ0) is 12.5. The van der Waals surface area contributed by atoms with Gasteiger partial charge in [0.2, 0.25) is 0 Å². The monoisotopic (exact) mass is 247 g/mol. The van der Waals surface area contributed by atoms with E-state index in [0.29, 0.717) is 12.6 Å². The zero-order valence-electron chi connectivity index (χ0n) is 11.0. The van der Waals surface area contributed by atoms with Crippen LogP contribution in [0.5, 0.6) is 0 Å². The number of ether oxygens (including phenoxy) is 1. The Morgan fingerprint density at radius 1 is 1.50 bits per heavy atom. The fraction of sp³-hybridized carbons (Fsp3) is 0.643. The number of aryl methyl sites for hydroxylation is 2. The van der Waals surface area contributed by atoms with E-state index in [4.69, 9.17) is 15.5 Å². The normalized spacial score (nSPS) is 22.2. The van der Waals surface area contributed by atoms with Crippen LogP contribution in [0.25, 0.3) is 0 Å². The average molecular weight is 247 g/mol. The number of nitrogens with two attached hydrogens (primary N) is 1. The van der Waals surface area contributed by atoms with Crippen molar-refractivity contribution in [3.05, 3.63) is 22.9 Å². The molecule has 1 aliphatic carbocycles. The van der Waals surface area contributed by atoms with Crippen LogP contribution in [-0.2, 0) is 24.1 Å². The van der Waals surface area contributed by atoms with Gasteiger partial charge in [-0.3, -0.25) is 0 Å². The van der Waals surface area contributed by atoms with Crippen molar-refractivity contribution in [1.82, 2.24) is 4.98 Å². The molecule has 0 aromatic carbocycles. The summed E-state index contributed by atoms with van der Waals surface area (Å²) in [4.78, 5) is 7.12. The second kappa shape index (κ2) is 4.86. The first-order valence-corrected chi connectivity index (χ1v) is 6.82. The molecule has 2 aliphatic rings. The van der Waals surface area contributed by atoms with Crippen LogP contribution in [0.2, 0.25) is 0 Å². The third kappa shape index (κ3) is 1.99. The van der Waals surface area contributed by atoms with E-state index in [9.17, 15) is 0 Å². The van der Waals surface area contributed by atoms with Gasteiger partial charge in [0, 0.05) is 31.5 Å². The third-order valence-electron chi connectivity index (χ3n) is 4.11. The Kier molecular flexibility index (Phi) is 3.22. The van der Waals surface area contributed by atoms with E-state index >= 15 is 0 Å². The van der Waals surface area contributed by atoms with Gasteiger partial charge in [-0.25, -0.2) is 4.98 Å². The molecule has 98 valence electrons. The highest BCUT2D eigenvalue weighted by atomic mass is 16.5. The fourth-order valence-electron chi connectivity index (χ4n) is 2.96. The molecule has 0 bridgehead atoms. The summed E-state index contributed by atoms with van der Waals surface area (Å²) in [5.74, 6) is 1.06. The highest BCUT2D eigenvalue weighted by molar-refractivity contribution is 5.51. The Morgan fingerprint density at radius 2 is 2.39 bits per heavy atom. The van der Waals surface area contributed by atoms with Crippen molar-refractivity contribution in [2.24, 2.45) is 5.73 Å². The number of pyridine rings is 1. The molecular weight excluding hydrogens is 226 g/mol. The van der Waals surface area contributed by atoms with Crippen LogP contribution in [0.1, 0.15) is 29.7 Å². The van der Waals surface area contributed by atoms with Crippen molar-refractivity contribution >= 4 is 5.82 Å². The van der Waals surface area contributed by atoms with Gasteiger partial charge in [-0.1, -0.05) is 0 Å². The molecule has 4 heteroatoms. The molecule has 0 amide bonds. The van der Waals surface area contributed by atoms with Gasteiger partial charge in [0.15, 0.2) is 0 Å². The van der Waals surface area contributed by atoms with E-state index < -0.39 is 0 Å². The number of likely N-dealkylation sites (N-methyl/N-ethyl adjacent to an activating group) is 1. The maximum atomic E-state index is 5.88. The SMILES string of the molecule is CN(c1nc2c(cc1CN)CCC2)C1CCOC1. The van der Waals surface area contributed by atoms with Crippen LogP contribution in [0.15, 0.2) is 6.07 Å². The van der Waals surface area contributed by atoms with E-state index in [1.807, 2.05) is 0 Å². The largest absolute Gasteiger partial charge is 0.379 e. The fourth-order valence-corrected chi connectivity index (χ4v) is 2.96. The number of rotatable bonds is 3. The van der Waals surface area contributed by atoms with Crippen LogP contribution < -0.4 is 10.6 Å². The lowest BCUT2D eigenvalue weighted by atomic mass is 10.1. The number of aromatic nitrogens is 1. The van der Waals surface area contributed by atoms with Crippen molar-refractivity contribution in [1.29, 1.82) is 0 Å². The summed E-state index contributed by atoms with van der Waals surface area (Å²) in [7, 11) is 2.11. The van der Waals surface area contributed by atoms with Gasteiger partial charge < -0.3 is 15.4 Å². The third-order valence-corrected chi connectivity index (χ3v) is 4.11. The minimum atomic E-state index is 0.447. The van der Waals surface area contributed by atoms with Crippen molar-refractivity contribution < 1.29 is 4.74 Å². The van der Waals surface area contributed by atoms with Gasteiger partial charge >= 0.3 is 0 Å². The number of nitrogens with zero attached hydrogens (tertiary/aromatic N) is 2. The number of fused-ring (bicyclic) bond motifs is 1. The van der Waals surface area contributed by atoms with E-state index in [0.717, 1.165) is 38.3 Å². The molecule has 3 rings (SSSR count). The number of hydrogen-bond acceptors (Lipinski definition) is 4. The molecule has 4 nitrogen and oxygen atoms in total. The predicted molar refractivity (Wildman–Crippen MR) is 71.8 cm³/mol. The van der Waals surface area contributed by atoms with Gasteiger partial charge in [-0.15, -0.1) is 0 Å². The smallest absolute Gasteiger partial charge is 0.133 e. The first-order chi connectivity index (χ1) is 8.79. The summed E-state index contributed by atoms with van der Waals surface area (Å²) in [6, 6.07) is 2.71. The Morgan fingerprint density at radius 3 is 3.11 bits per heavy atom. The summed E-state index contributed by atoms with van der Waals surface area (Å²) >= 11 is 0. The van der Waals surface area contributed by atoms with E-state index in [1.165, 1.54) is 23.2 Å². The quantitative estimate of drug-likeness (QED) is 0.873. The molecule has 18 heavy (non-hydrogen) atoms. The van der Waals surface area contributed by atoms with Crippen LogP contribution >= 0.6 is 0 Å². The van der Waals surface area contributed by atoms with Crippen molar-refractivity contribution in [3.8, 4) is 0 Å². The molecule has 1 atom stereocenters. The first-order valence-electron chi connectivity index (χ1n) is 6.82. The minimum absolute atomic E-state index is 0.447. The highest BCUT2D eigenvalue weighted by Gasteiger charge is 2.24. The Labute approximate surface area is 108 Å². The molecule has 1 saturated heterocycles. The summed E-state index contributed by atoms with van der Waals surface area (Å²) in [6.45, 7) is 2.23. The maximum absolute atomic E-state index is 5.88. The first kappa shape index (κ1) is 11.9. The van der Waals surface area contributed by atoms with Crippen LogP contribution in [0.4, 0.5) is 5.82 Å². The average Bonchev–Trinajstić information content (AvgIpc) is 3.06. The van der Waals surface area contributed by atoms with Gasteiger partial charge in [0.05, 0.1) is 12.6 Å². The van der Waals surface area contributed by atoms with E-state index in [1.54, 1.807) is 0 Å². The summed E-state index contributed by atoms with van der Waals surface area (Å²) in [5.41, 5.74) is 9.72. The molecule has 1 aromatic heterocycles. The van der Waals surface area contributed by atoms with E-state index in [2.05, 4.69) is 18.0 Å². The highest BCUT2D eigenvalue weighted by Crippen LogP contribution is 2.28. The standard InChI is InChI=1S/C14H21N3O/c1-17(12-5-6-18-9-12)14-11(8-15)7-10-3-2-4-13(10)16-14/h7,12H,2-6,8-9,15H2,1H3. The van der Waals surface area contributed by atoms with E-state index in [-0.39, 0.29) is 0 Å². The lowest BCUT2D eigenvalue weighted by molar-refractivity contribution is 0.193. The molecule has 0 radical (unpaired) electrons. The summed E-state index contributed by atoms with van der Waals surface area (Å²) in [5, 5.41) is 0. The molecule has 2 N–H and O–H groups in total. The molecule has 0 spiro atoms. The molecule has 1 aromatic rings. The Hall–Kier alpha value is -1.13. The van der Waals surface area contributed by atoms with Gasteiger partial charge in [-0.05, 0) is 37.3 Å². The van der Waals surface area contributed by atoms with Crippen LogP contribution in [0.3, 0.4) is 0 Å². The minimum Gasteiger partial charge on any atom is -0.379 e. The van der Waals surface area contributed by atoms with Gasteiger partial charge in [0.1, 0.15) is 5.82 Å². The lowest BCUT2D eigenvalue weighted by Crippen LogP contribution is -2.33. The zero-order valence-corrected chi connectivity index (χ0v) is 11.0. The molecule has 1 aliphatic heterocycles. The van der Waals surface area contributed by atoms with Crippen LogP contribution in [-0.4, -0.2) is 31.3 Å². The topological polar surface area (TPSA) is 51.4 Å². The molecule has 0 saturated carbocycles. The van der Waals surface area contributed by atoms with Crippen molar-refractivity contribution in [2.45, 2.75) is 38.3 Å². The molecule has 1 fully saturated rings. The van der Waals surface area contributed by atoms with Gasteiger partial charge in [0.25, 0.3) is 0 Å². The maximum Gasteiger partial charge on any atom is 0.133 e. The van der Waals surface area contributed by atoms with Crippen LogP contribution in [0, 0.1) is 0 Å². The molecule has 2 heterocycles.